The van der Waals surface area contributed by atoms with Crippen LogP contribution in [0.4, 0.5) is 5.69 Å². The Morgan fingerprint density at radius 3 is 2.65 bits per heavy atom. The number of piperidine rings is 1. The maximum atomic E-state index is 12.7. The molecule has 0 aliphatic carbocycles. The molecule has 0 bridgehead atoms. The number of rotatable bonds is 2. The lowest BCUT2D eigenvalue weighted by Crippen LogP contribution is -2.51. The molecular formula is C13H21N5O2. The number of aromatic nitrogens is 2. The molecule has 2 rings (SSSR count). The fourth-order valence-electron chi connectivity index (χ4n) is 2.68. The van der Waals surface area contributed by atoms with E-state index in [1.165, 1.54) is 4.68 Å². The first-order chi connectivity index (χ1) is 9.47. The highest BCUT2D eigenvalue weighted by Gasteiger charge is 2.34. The number of carbonyl (C=O) groups excluding carboxylic acids is 2. The lowest BCUT2D eigenvalue weighted by Gasteiger charge is -2.34. The maximum Gasteiger partial charge on any atom is 0.274 e. The van der Waals surface area contributed by atoms with Crippen LogP contribution >= 0.6 is 0 Å². The molecule has 7 nitrogen and oxygen atoms in total. The summed E-state index contributed by atoms with van der Waals surface area (Å²) < 4.78 is 1.49. The van der Waals surface area contributed by atoms with Gasteiger partial charge in [0.15, 0.2) is 0 Å². The molecule has 1 aromatic heterocycles. The van der Waals surface area contributed by atoms with Gasteiger partial charge in [-0.1, -0.05) is 0 Å². The van der Waals surface area contributed by atoms with Crippen molar-refractivity contribution in [3.8, 4) is 0 Å². The number of anilines is 1. The molecule has 110 valence electrons. The van der Waals surface area contributed by atoms with Gasteiger partial charge < -0.3 is 16.0 Å². The fourth-order valence-corrected chi connectivity index (χ4v) is 2.68. The van der Waals surface area contributed by atoms with Gasteiger partial charge in [0.25, 0.3) is 5.91 Å². The molecule has 0 spiro atoms. The Balaban J connectivity index is 2.32. The number of amides is 2. The second-order valence-corrected chi connectivity index (χ2v) is 5.10. The molecule has 0 saturated carbocycles. The summed E-state index contributed by atoms with van der Waals surface area (Å²) in [6.07, 6.45) is 2.53. The number of hydrogen-bond donors (Lipinski definition) is 2. The summed E-state index contributed by atoms with van der Waals surface area (Å²) in [4.78, 5) is 26.2. The number of likely N-dealkylation sites (N-methyl/N-ethyl adjacent to an activating group) is 1. The average molecular weight is 279 g/mol. The number of hydrogen-bond acceptors (Lipinski definition) is 4. The second kappa shape index (κ2) is 5.52. The molecule has 1 saturated heterocycles. The van der Waals surface area contributed by atoms with Gasteiger partial charge in [-0.25, -0.2) is 0 Å². The predicted octanol–water partition coefficient (Wildman–Crippen LogP) is 0.0514. The largest absolute Gasteiger partial charge is 0.395 e. The van der Waals surface area contributed by atoms with Crippen LogP contribution in [-0.4, -0.2) is 46.1 Å². The Bertz CT molecular complexity index is 537. The molecule has 1 aliphatic rings. The van der Waals surface area contributed by atoms with Crippen LogP contribution in [0.3, 0.4) is 0 Å². The van der Waals surface area contributed by atoms with E-state index >= 15 is 0 Å². The zero-order valence-corrected chi connectivity index (χ0v) is 12.1. The van der Waals surface area contributed by atoms with Crippen molar-refractivity contribution in [2.24, 2.45) is 7.05 Å². The molecule has 1 unspecified atom stereocenters. The van der Waals surface area contributed by atoms with Gasteiger partial charge in [-0.3, -0.25) is 14.3 Å². The molecule has 0 aromatic carbocycles. The second-order valence-electron chi connectivity index (χ2n) is 5.10. The van der Waals surface area contributed by atoms with Crippen LogP contribution in [0.2, 0.25) is 0 Å². The van der Waals surface area contributed by atoms with Crippen LogP contribution in [0, 0.1) is 6.92 Å². The van der Waals surface area contributed by atoms with Crippen molar-refractivity contribution in [2.75, 3.05) is 19.3 Å². The summed E-state index contributed by atoms with van der Waals surface area (Å²) in [5, 5.41) is 6.78. The first kappa shape index (κ1) is 14.4. The van der Waals surface area contributed by atoms with Gasteiger partial charge in [0.1, 0.15) is 11.7 Å². The Labute approximate surface area is 118 Å². The molecule has 2 amide bonds. The molecule has 1 fully saturated rings. The van der Waals surface area contributed by atoms with E-state index in [9.17, 15) is 9.59 Å². The van der Waals surface area contributed by atoms with Crippen LogP contribution in [0.5, 0.6) is 0 Å². The van der Waals surface area contributed by atoms with Gasteiger partial charge in [-0.05, 0) is 26.2 Å². The van der Waals surface area contributed by atoms with E-state index in [0.29, 0.717) is 30.0 Å². The van der Waals surface area contributed by atoms with E-state index in [-0.39, 0.29) is 11.8 Å². The molecule has 20 heavy (non-hydrogen) atoms. The van der Waals surface area contributed by atoms with Crippen molar-refractivity contribution in [3.63, 3.8) is 0 Å². The monoisotopic (exact) mass is 279 g/mol. The van der Waals surface area contributed by atoms with Crippen molar-refractivity contribution in [2.45, 2.75) is 32.2 Å². The number of carbonyl (C=O) groups is 2. The molecule has 1 aromatic rings. The third kappa shape index (κ3) is 2.35. The summed E-state index contributed by atoms with van der Waals surface area (Å²) in [5.41, 5.74) is 7.31. The minimum atomic E-state index is -0.421. The number of aryl methyl sites for hydroxylation is 2. The number of nitrogens with one attached hydrogen (secondary N) is 1. The Morgan fingerprint density at radius 1 is 1.40 bits per heavy atom. The quantitative estimate of drug-likeness (QED) is 0.800. The minimum Gasteiger partial charge on any atom is -0.395 e. The van der Waals surface area contributed by atoms with Crippen LogP contribution < -0.4 is 11.1 Å². The molecule has 2 heterocycles. The van der Waals surface area contributed by atoms with Crippen molar-refractivity contribution < 1.29 is 9.59 Å². The topological polar surface area (TPSA) is 93.2 Å². The highest BCUT2D eigenvalue weighted by molar-refractivity contribution is 6.00. The van der Waals surface area contributed by atoms with Crippen LogP contribution in [0.25, 0.3) is 0 Å². The molecule has 3 N–H and O–H groups in total. The zero-order chi connectivity index (χ0) is 14.9. The molecular weight excluding hydrogens is 258 g/mol. The summed E-state index contributed by atoms with van der Waals surface area (Å²) in [6.45, 7) is 2.33. The van der Waals surface area contributed by atoms with E-state index in [2.05, 4.69) is 10.4 Å². The van der Waals surface area contributed by atoms with Gasteiger partial charge in [-0.15, -0.1) is 0 Å². The van der Waals surface area contributed by atoms with Gasteiger partial charge in [0.2, 0.25) is 5.91 Å². The van der Waals surface area contributed by atoms with Crippen LogP contribution in [0.15, 0.2) is 0 Å². The van der Waals surface area contributed by atoms with E-state index in [0.717, 1.165) is 12.8 Å². The van der Waals surface area contributed by atoms with Crippen molar-refractivity contribution in [3.05, 3.63) is 11.4 Å². The molecule has 7 heteroatoms. The van der Waals surface area contributed by atoms with Crippen LogP contribution in [0.1, 0.15) is 35.4 Å². The zero-order valence-electron chi connectivity index (χ0n) is 12.1. The number of nitrogen functional groups attached to an aromatic ring is 1. The normalized spacial score (nSPS) is 18.9. The summed E-state index contributed by atoms with van der Waals surface area (Å²) in [7, 11) is 3.28. The molecule has 1 atom stereocenters. The number of nitrogens with zero attached hydrogens (tertiary/aromatic N) is 3. The Kier molecular flexibility index (Phi) is 3.96. The first-order valence-electron chi connectivity index (χ1n) is 6.79. The summed E-state index contributed by atoms with van der Waals surface area (Å²) in [5.74, 6) is -0.352. The maximum absolute atomic E-state index is 12.7. The summed E-state index contributed by atoms with van der Waals surface area (Å²) in [6, 6.07) is -0.421. The summed E-state index contributed by atoms with van der Waals surface area (Å²) >= 11 is 0. The van der Waals surface area contributed by atoms with Crippen LogP contribution in [-0.2, 0) is 11.8 Å². The van der Waals surface area contributed by atoms with Gasteiger partial charge >= 0.3 is 0 Å². The van der Waals surface area contributed by atoms with Crippen molar-refractivity contribution in [1.29, 1.82) is 0 Å². The highest BCUT2D eigenvalue weighted by atomic mass is 16.2. The first-order valence-corrected chi connectivity index (χ1v) is 6.79. The van der Waals surface area contributed by atoms with E-state index in [1.807, 2.05) is 0 Å². The Morgan fingerprint density at radius 2 is 2.10 bits per heavy atom. The average Bonchev–Trinajstić information content (AvgIpc) is 2.70. The van der Waals surface area contributed by atoms with E-state index < -0.39 is 6.04 Å². The van der Waals surface area contributed by atoms with Crippen molar-refractivity contribution in [1.82, 2.24) is 20.0 Å². The highest BCUT2D eigenvalue weighted by Crippen LogP contribution is 2.23. The van der Waals surface area contributed by atoms with E-state index in [4.69, 9.17) is 5.73 Å². The number of nitrogens with two attached hydrogens (primary N) is 1. The lowest BCUT2D eigenvalue weighted by atomic mass is 10.0. The number of likely N-dealkylation sites (tertiary alicyclic amines) is 1. The minimum absolute atomic E-state index is 0.129. The third-order valence-corrected chi connectivity index (χ3v) is 3.78. The van der Waals surface area contributed by atoms with E-state index in [1.54, 1.807) is 25.9 Å². The van der Waals surface area contributed by atoms with Gasteiger partial charge in [-0.2, -0.15) is 5.10 Å². The standard InChI is InChI=1S/C13H21N5O2/c1-8-10(14)11(17(3)16-8)13(20)18-7-5-4-6-9(18)12(19)15-2/h9H,4-7,14H2,1-3H3,(H,15,19). The fraction of sp³-hybridized carbons (Fsp3) is 0.615. The smallest absolute Gasteiger partial charge is 0.274 e. The molecule has 1 aliphatic heterocycles. The predicted molar refractivity (Wildman–Crippen MR) is 75.1 cm³/mol. The van der Waals surface area contributed by atoms with Gasteiger partial charge in [0.05, 0.1) is 11.4 Å². The van der Waals surface area contributed by atoms with Gasteiger partial charge in [0, 0.05) is 20.6 Å². The molecule has 0 radical (unpaired) electrons. The third-order valence-electron chi connectivity index (χ3n) is 3.78. The van der Waals surface area contributed by atoms with Crippen molar-refractivity contribution >= 4 is 17.5 Å². The SMILES string of the molecule is CNC(=O)C1CCCCN1C(=O)c1c(N)c(C)nn1C. The lowest BCUT2D eigenvalue weighted by molar-refractivity contribution is -0.126. The Hall–Kier alpha value is -2.05.